The molecule has 2 aromatic rings. The summed E-state index contributed by atoms with van der Waals surface area (Å²) in [6.45, 7) is 2.16. The number of amides is 1. The van der Waals surface area contributed by atoms with Crippen LogP contribution in [0.2, 0.25) is 0 Å². The molecule has 9 nitrogen and oxygen atoms in total. The first-order valence-corrected chi connectivity index (χ1v) is 8.35. The molecule has 0 saturated heterocycles. The van der Waals surface area contributed by atoms with Crippen LogP contribution in [0.15, 0.2) is 24.3 Å². The van der Waals surface area contributed by atoms with E-state index >= 15 is 0 Å². The Morgan fingerprint density at radius 1 is 1.32 bits per heavy atom. The largest absolute Gasteiger partial charge is 0.351 e. The lowest BCUT2D eigenvalue weighted by Crippen LogP contribution is -2.42. The van der Waals surface area contributed by atoms with Crippen LogP contribution in [-0.4, -0.2) is 37.1 Å². The third-order valence-electron chi connectivity index (χ3n) is 4.53. The second kappa shape index (κ2) is 7.37. The summed E-state index contributed by atoms with van der Waals surface area (Å²) >= 11 is 0. The van der Waals surface area contributed by atoms with Crippen LogP contribution in [0.3, 0.4) is 0 Å². The average molecular weight is 344 g/mol. The van der Waals surface area contributed by atoms with Crippen molar-refractivity contribution in [3.63, 3.8) is 0 Å². The summed E-state index contributed by atoms with van der Waals surface area (Å²) in [6, 6.07) is 6.09. The number of hydrogen-bond acceptors (Lipinski definition) is 6. The zero-order valence-corrected chi connectivity index (χ0v) is 14.0. The van der Waals surface area contributed by atoms with Crippen molar-refractivity contribution < 1.29 is 9.72 Å². The van der Waals surface area contributed by atoms with Gasteiger partial charge in [0.2, 0.25) is 11.7 Å². The highest BCUT2D eigenvalue weighted by molar-refractivity contribution is 5.75. The van der Waals surface area contributed by atoms with Crippen molar-refractivity contribution in [3.05, 3.63) is 34.4 Å². The van der Waals surface area contributed by atoms with Crippen molar-refractivity contribution in [2.45, 2.75) is 45.2 Å². The fourth-order valence-electron chi connectivity index (χ4n) is 3.07. The highest BCUT2D eigenvalue weighted by atomic mass is 16.6. The van der Waals surface area contributed by atoms with Crippen molar-refractivity contribution >= 4 is 11.6 Å². The molecular formula is C16H20N6O3. The number of non-ortho nitro benzene ring substituents is 1. The van der Waals surface area contributed by atoms with Gasteiger partial charge in [0.1, 0.15) is 6.54 Å². The number of hydrogen-bond donors (Lipinski definition) is 1. The Labute approximate surface area is 144 Å². The van der Waals surface area contributed by atoms with Crippen LogP contribution in [0.1, 0.15) is 32.6 Å². The Bertz CT molecular complexity index is 757. The SMILES string of the molecule is C[C@H]1CCCC[C@H]1NC(=O)Cn1nnc(-c2ccc([N+](=O)[O-])cc2)n1. The average Bonchev–Trinajstić information content (AvgIpc) is 3.05. The Morgan fingerprint density at radius 3 is 2.72 bits per heavy atom. The molecule has 132 valence electrons. The third-order valence-corrected chi connectivity index (χ3v) is 4.53. The number of aromatic nitrogens is 4. The Morgan fingerprint density at radius 2 is 2.04 bits per heavy atom. The van der Waals surface area contributed by atoms with Gasteiger partial charge in [0.05, 0.1) is 4.92 Å². The smallest absolute Gasteiger partial charge is 0.269 e. The van der Waals surface area contributed by atoms with Gasteiger partial charge in [-0.3, -0.25) is 14.9 Å². The summed E-state index contributed by atoms with van der Waals surface area (Å²) in [6.07, 6.45) is 4.50. The molecule has 9 heteroatoms. The first-order valence-electron chi connectivity index (χ1n) is 8.35. The Kier molecular flexibility index (Phi) is 5.01. The summed E-state index contributed by atoms with van der Waals surface area (Å²) in [5.74, 6) is 0.678. The summed E-state index contributed by atoms with van der Waals surface area (Å²) in [5, 5.41) is 25.7. The van der Waals surface area contributed by atoms with Gasteiger partial charge in [0.15, 0.2) is 0 Å². The van der Waals surface area contributed by atoms with Crippen molar-refractivity contribution in [3.8, 4) is 11.4 Å². The number of nitro benzene ring substituents is 1. The van der Waals surface area contributed by atoms with Gasteiger partial charge >= 0.3 is 0 Å². The molecule has 1 N–H and O–H groups in total. The van der Waals surface area contributed by atoms with Crippen molar-refractivity contribution in [1.29, 1.82) is 0 Å². The predicted octanol–water partition coefficient (Wildman–Crippen LogP) is 1.94. The number of nitro groups is 1. The van der Waals surface area contributed by atoms with Crippen molar-refractivity contribution in [2.24, 2.45) is 5.92 Å². The molecular weight excluding hydrogens is 324 g/mol. The maximum atomic E-state index is 12.2. The van der Waals surface area contributed by atoms with Crippen LogP contribution < -0.4 is 5.32 Å². The Balaban J connectivity index is 1.61. The van der Waals surface area contributed by atoms with Gasteiger partial charge in [0, 0.05) is 23.7 Å². The monoisotopic (exact) mass is 344 g/mol. The molecule has 1 saturated carbocycles. The Hall–Kier alpha value is -2.84. The number of nitrogens with one attached hydrogen (secondary N) is 1. The minimum Gasteiger partial charge on any atom is -0.351 e. The van der Waals surface area contributed by atoms with Gasteiger partial charge in [-0.1, -0.05) is 19.8 Å². The van der Waals surface area contributed by atoms with Crippen molar-refractivity contribution in [2.75, 3.05) is 0 Å². The van der Waals surface area contributed by atoms with E-state index < -0.39 is 4.92 Å². The fourth-order valence-corrected chi connectivity index (χ4v) is 3.07. The van der Waals surface area contributed by atoms with Gasteiger partial charge in [-0.15, -0.1) is 10.2 Å². The predicted molar refractivity (Wildman–Crippen MR) is 89.5 cm³/mol. The van der Waals surface area contributed by atoms with E-state index in [1.54, 1.807) is 12.1 Å². The molecule has 1 aliphatic rings. The molecule has 1 aromatic heterocycles. The van der Waals surface area contributed by atoms with Crippen LogP contribution in [-0.2, 0) is 11.3 Å². The van der Waals surface area contributed by atoms with Crippen LogP contribution in [0, 0.1) is 16.0 Å². The van der Waals surface area contributed by atoms with Crippen LogP contribution in [0.4, 0.5) is 5.69 Å². The lowest BCUT2D eigenvalue weighted by molar-refractivity contribution is -0.384. The molecule has 1 heterocycles. The molecule has 1 aromatic carbocycles. The molecule has 1 aliphatic carbocycles. The lowest BCUT2D eigenvalue weighted by Gasteiger charge is -2.29. The van der Waals surface area contributed by atoms with Gasteiger partial charge in [-0.05, 0) is 36.1 Å². The van der Waals surface area contributed by atoms with Crippen molar-refractivity contribution in [1.82, 2.24) is 25.5 Å². The molecule has 3 rings (SSSR count). The van der Waals surface area contributed by atoms with Gasteiger partial charge < -0.3 is 5.32 Å². The summed E-state index contributed by atoms with van der Waals surface area (Å²) < 4.78 is 0. The zero-order valence-electron chi connectivity index (χ0n) is 14.0. The molecule has 0 radical (unpaired) electrons. The van der Waals surface area contributed by atoms with E-state index in [0.717, 1.165) is 19.3 Å². The van der Waals surface area contributed by atoms with E-state index in [1.165, 1.54) is 23.4 Å². The molecule has 0 unspecified atom stereocenters. The maximum absolute atomic E-state index is 12.2. The summed E-state index contributed by atoms with van der Waals surface area (Å²) in [7, 11) is 0. The van der Waals surface area contributed by atoms with Crippen LogP contribution in [0.25, 0.3) is 11.4 Å². The van der Waals surface area contributed by atoms with E-state index in [4.69, 9.17) is 0 Å². The number of carbonyl (C=O) groups excluding carboxylic acids is 1. The van der Waals surface area contributed by atoms with Gasteiger partial charge in [-0.25, -0.2) is 0 Å². The summed E-state index contributed by atoms with van der Waals surface area (Å²) in [5.41, 5.74) is 0.607. The quantitative estimate of drug-likeness (QED) is 0.654. The number of tetrazole rings is 1. The molecule has 0 spiro atoms. The van der Waals surface area contributed by atoms with E-state index in [9.17, 15) is 14.9 Å². The van der Waals surface area contributed by atoms with E-state index in [-0.39, 0.29) is 24.2 Å². The molecule has 2 atom stereocenters. The second-order valence-electron chi connectivity index (χ2n) is 6.38. The molecule has 0 aliphatic heterocycles. The number of nitrogens with zero attached hydrogens (tertiary/aromatic N) is 5. The number of carbonyl (C=O) groups is 1. The molecule has 1 amide bonds. The first-order chi connectivity index (χ1) is 12.0. The van der Waals surface area contributed by atoms with E-state index in [0.29, 0.717) is 17.3 Å². The van der Waals surface area contributed by atoms with E-state index in [2.05, 4.69) is 27.7 Å². The molecule has 1 fully saturated rings. The minimum absolute atomic E-state index is 0.00267. The highest BCUT2D eigenvalue weighted by Gasteiger charge is 2.23. The zero-order chi connectivity index (χ0) is 17.8. The van der Waals surface area contributed by atoms with Gasteiger partial charge in [0.25, 0.3) is 5.69 Å². The second-order valence-corrected chi connectivity index (χ2v) is 6.38. The lowest BCUT2D eigenvalue weighted by atomic mass is 9.86. The summed E-state index contributed by atoms with van der Waals surface area (Å²) in [4.78, 5) is 23.6. The van der Waals surface area contributed by atoms with Crippen LogP contribution >= 0.6 is 0 Å². The fraction of sp³-hybridized carbons (Fsp3) is 0.500. The van der Waals surface area contributed by atoms with Crippen LogP contribution in [0.5, 0.6) is 0 Å². The number of benzene rings is 1. The number of rotatable bonds is 5. The maximum Gasteiger partial charge on any atom is 0.269 e. The van der Waals surface area contributed by atoms with Gasteiger partial charge in [-0.2, -0.15) is 4.80 Å². The standard InChI is InChI=1S/C16H20N6O3/c1-11-4-2-3-5-14(11)17-15(23)10-21-19-16(18-20-21)12-6-8-13(9-7-12)22(24)25/h6-9,11,14H,2-5,10H2,1H3,(H,17,23)/t11-,14+/m0/s1. The third kappa shape index (κ3) is 4.17. The molecule has 25 heavy (non-hydrogen) atoms. The highest BCUT2D eigenvalue weighted by Crippen LogP contribution is 2.23. The first kappa shape index (κ1) is 17.0. The molecule has 0 bridgehead atoms. The normalized spacial score (nSPS) is 20.2. The topological polar surface area (TPSA) is 116 Å². The minimum atomic E-state index is -0.468. The van der Waals surface area contributed by atoms with E-state index in [1.807, 2.05) is 0 Å².